The van der Waals surface area contributed by atoms with Crippen LogP contribution in [0.5, 0.6) is 0 Å². The fourth-order valence-electron chi connectivity index (χ4n) is 1.98. The van der Waals surface area contributed by atoms with Gasteiger partial charge in [0.15, 0.2) is 0 Å². The molecule has 0 radical (unpaired) electrons. The number of nitrogens with zero attached hydrogens (tertiary/aromatic N) is 2. The van der Waals surface area contributed by atoms with Crippen LogP contribution >= 0.6 is 0 Å². The highest BCUT2D eigenvalue weighted by Gasteiger charge is 2.34. The van der Waals surface area contributed by atoms with E-state index in [4.69, 9.17) is 5.11 Å². The molecule has 18 heavy (non-hydrogen) atoms. The molecule has 1 atom stereocenters. The number of likely N-dealkylation sites (tertiary alicyclic amines) is 1. The summed E-state index contributed by atoms with van der Waals surface area (Å²) in [4.78, 5) is 28.0. The Labute approximate surface area is 104 Å². The Morgan fingerprint density at radius 1 is 1.50 bits per heavy atom. The van der Waals surface area contributed by atoms with Gasteiger partial charge in [0.25, 0.3) is 5.91 Å². The minimum Gasteiger partial charge on any atom is -0.477 e. The topological polar surface area (TPSA) is 90.7 Å². The van der Waals surface area contributed by atoms with Crippen molar-refractivity contribution in [1.29, 1.82) is 0 Å². The predicted octanol–water partition coefficient (Wildman–Crippen LogP) is 0.377. The maximum absolute atomic E-state index is 12.1. The number of rotatable bonds is 2. The molecule has 1 aliphatic rings. The van der Waals surface area contributed by atoms with Gasteiger partial charge < -0.3 is 15.1 Å². The molecule has 2 rings (SSSR count). The van der Waals surface area contributed by atoms with Gasteiger partial charge in [0.05, 0.1) is 5.60 Å². The summed E-state index contributed by atoms with van der Waals surface area (Å²) >= 11 is 0. The Morgan fingerprint density at radius 2 is 2.22 bits per heavy atom. The van der Waals surface area contributed by atoms with Crippen LogP contribution in [0, 0.1) is 0 Å². The Hall–Kier alpha value is -1.95. The minimum atomic E-state index is -1.17. The van der Waals surface area contributed by atoms with Crippen LogP contribution in [0.1, 0.15) is 34.2 Å². The normalized spacial score (nSPS) is 23.1. The third-order valence-corrected chi connectivity index (χ3v) is 2.97. The molecule has 0 aliphatic carbocycles. The molecule has 0 spiro atoms. The van der Waals surface area contributed by atoms with Crippen molar-refractivity contribution in [1.82, 2.24) is 9.88 Å². The second kappa shape index (κ2) is 4.38. The van der Waals surface area contributed by atoms with E-state index in [1.165, 1.54) is 23.2 Å². The average Bonchev–Trinajstić information content (AvgIpc) is 2.69. The van der Waals surface area contributed by atoms with Crippen LogP contribution in [0.15, 0.2) is 18.3 Å². The van der Waals surface area contributed by atoms with Crippen molar-refractivity contribution in [2.45, 2.75) is 18.9 Å². The molecule has 0 aromatic carbocycles. The van der Waals surface area contributed by atoms with Crippen LogP contribution in [-0.4, -0.2) is 50.7 Å². The lowest BCUT2D eigenvalue weighted by Crippen LogP contribution is -2.34. The minimum absolute atomic E-state index is 0.160. The average molecular weight is 250 g/mol. The molecule has 1 saturated heterocycles. The van der Waals surface area contributed by atoms with Crippen molar-refractivity contribution >= 4 is 11.9 Å². The summed E-state index contributed by atoms with van der Waals surface area (Å²) in [6, 6.07) is 2.72. The lowest BCUT2D eigenvalue weighted by Gasteiger charge is -2.19. The molecule has 0 saturated carbocycles. The second-order valence-electron chi connectivity index (χ2n) is 4.71. The first kappa shape index (κ1) is 12.5. The van der Waals surface area contributed by atoms with E-state index in [9.17, 15) is 14.7 Å². The number of pyridine rings is 1. The lowest BCUT2D eigenvalue weighted by molar-refractivity contribution is 0.0571. The van der Waals surface area contributed by atoms with Crippen molar-refractivity contribution in [2.75, 3.05) is 13.1 Å². The van der Waals surface area contributed by atoms with E-state index in [-0.39, 0.29) is 23.7 Å². The van der Waals surface area contributed by atoms with E-state index in [0.29, 0.717) is 13.0 Å². The van der Waals surface area contributed by atoms with Gasteiger partial charge in [-0.1, -0.05) is 0 Å². The van der Waals surface area contributed by atoms with Crippen LogP contribution in [-0.2, 0) is 0 Å². The molecule has 0 bridgehead atoms. The number of carbonyl (C=O) groups excluding carboxylic acids is 1. The number of aromatic carboxylic acids is 1. The summed E-state index contributed by atoms with van der Waals surface area (Å²) in [5.41, 5.74) is -0.745. The van der Waals surface area contributed by atoms with E-state index in [2.05, 4.69) is 4.98 Å². The van der Waals surface area contributed by atoms with E-state index in [0.717, 1.165) is 0 Å². The quantitative estimate of drug-likeness (QED) is 0.791. The molecule has 96 valence electrons. The van der Waals surface area contributed by atoms with E-state index >= 15 is 0 Å². The van der Waals surface area contributed by atoms with Crippen LogP contribution in [0.2, 0.25) is 0 Å². The highest BCUT2D eigenvalue weighted by molar-refractivity contribution is 5.96. The summed E-state index contributed by atoms with van der Waals surface area (Å²) in [6.07, 6.45) is 1.82. The molecule has 1 aromatic rings. The van der Waals surface area contributed by atoms with E-state index in [1.54, 1.807) is 6.92 Å². The van der Waals surface area contributed by atoms with Gasteiger partial charge in [0, 0.05) is 24.8 Å². The number of hydrogen-bond acceptors (Lipinski definition) is 4. The predicted molar refractivity (Wildman–Crippen MR) is 62.3 cm³/mol. The molecular formula is C12H14N2O4. The summed E-state index contributed by atoms with van der Waals surface area (Å²) in [6.45, 7) is 2.41. The highest BCUT2D eigenvalue weighted by Crippen LogP contribution is 2.22. The number of aromatic nitrogens is 1. The molecule has 1 amide bonds. The van der Waals surface area contributed by atoms with Gasteiger partial charge in [-0.3, -0.25) is 4.79 Å². The third-order valence-electron chi connectivity index (χ3n) is 2.97. The number of hydrogen-bond donors (Lipinski definition) is 2. The van der Waals surface area contributed by atoms with Gasteiger partial charge in [-0.2, -0.15) is 0 Å². The summed E-state index contributed by atoms with van der Waals surface area (Å²) < 4.78 is 0. The number of aliphatic hydroxyl groups is 1. The standard InChI is InChI=1S/C12H14N2O4/c1-12(18)3-5-14(7-12)10(15)8-2-4-13-9(6-8)11(16)17/h2,4,6,18H,3,5,7H2,1H3,(H,16,17). The Bertz CT molecular complexity index is 499. The van der Waals surface area contributed by atoms with Crippen LogP contribution < -0.4 is 0 Å². The maximum atomic E-state index is 12.1. The first-order valence-corrected chi connectivity index (χ1v) is 5.60. The molecular weight excluding hydrogens is 236 g/mol. The van der Waals surface area contributed by atoms with Gasteiger partial charge >= 0.3 is 5.97 Å². The third kappa shape index (κ3) is 2.48. The Balaban J connectivity index is 2.19. The zero-order valence-electron chi connectivity index (χ0n) is 9.96. The molecule has 1 unspecified atom stereocenters. The Morgan fingerprint density at radius 3 is 2.78 bits per heavy atom. The zero-order chi connectivity index (χ0) is 13.3. The van der Waals surface area contributed by atoms with Crippen molar-refractivity contribution < 1.29 is 19.8 Å². The van der Waals surface area contributed by atoms with Gasteiger partial charge in [0.2, 0.25) is 0 Å². The number of β-amino-alcohol motifs (C(OH)–C–C–N with tert-alkyl or cyclic N) is 1. The van der Waals surface area contributed by atoms with Crippen molar-refractivity contribution in [3.8, 4) is 0 Å². The van der Waals surface area contributed by atoms with Crippen LogP contribution in [0.4, 0.5) is 0 Å². The van der Waals surface area contributed by atoms with Crippen LogP contribution in [0.3, 0.4) is 0 Å². The number of amides is 1. The van der Waals surface area contributed by atoms with Crippen molar-refractivity contribution in [3.05, 3.63) is 29.6 Å². The monoisotopic (exact) mass is 250 g/mol. The number of carbonyl (C=O) groups is 2. The smallest absolute Gasteiger partial charge is 0.354 e. The molecule has 6 nitrogen and oxygen atoms in total. The first-order chi connectivity index (χ1) is 8.39. The first-order valence-electron chi connectivity index (χ1n) is 5.60. The number of carboxylic acid groups (broad SMARTS) is 1. The molecule has 1 fully saturated rings. The summed E-state index contributed by atoms with van der Waals surface area (Å²) in [5, 5.41) is 18.6. The van der Waals surface area contributed by atoms with Gasteiger partial charge in [-0.25, -0.2) is 9.78 Å². The van der Waals surface area contributed by atoms with E-state index < -0.39 is 11.6 Å². The van der Waals surface area contributed by atoms with Crippen LogP contribution in [0.25, 0.3) is 0 Å². The molecule has 2 heterocycles. The maximum Gasteiger partial charge on any atom is 0.354 e. The molecule has 6 heteroatoms. The largest absolute Gasteiger partial charge is 0.477 e. The van der Waals surface area contributed by atoms with Crippen molar-refractivity contribution in [2.24, 2.45) is 0 Å². The summed E-state index contributed by atoms with van der Waals surface area (Å²) in [5.74, 6) is -1.45. The molecule has 1 aromatic heterocycles. The summed E-state index contributed by atoms with van der Waals surface area (Å²) in [7, 11) is 0. The lowest BCUT2D eigenvalue weighted by atomic mass is 10.1. The molecule has 2 N–H and O–H groups in total. The Kier molecular flexibility index (Phi) is 3.04. The SMILES string of the molecule is CC1(O)CCN(C(=O)c2ccnc(C(=O)O)c2)C1. The number of carboxylic acids is 1. The zero-order valence-corrected chi connectivity index (χ0v) is 9.96. The second-order valence-corrected chi connectivity index (χ2v) is 4.71. The van der Waals surface area contributed by atoms with E-state index in [1.807, 2.05) is 0 Å². The fraction of sp³-hybridized carbons (Fsp3) is 0.417. The van der Waals surface area contributed by atoms with Gasteiger partial charge in [-0.15, -0.1) is 0 Å². The van der Waals surface area contributed by atoms with Gasteiger partial charge in [-0.05, 0) is 25.5 Å². The van der Waals surface area contributed by atoms with Gasteiger partial charge in [0.1, 0.15) is 5.69 Å². The fourth-order valence-corrected chi connectivity index (χ4v) is 1.98. The van der Waals surface area contributed by atoms with Crippen molar-refractivity contribution in [3.63, 3.8) is 0 Å². The molecule has 1 aliphatic heterocycles. The highest BCUT2D eigenvalue weighted by atomic mass is 16.4.